The van der Waals surface area contributed by atoms with Crippen molar-refractivity contribution >= 4 is 30.9 Å². The fourth-order valence-corrected chi connectivity index (χ4v) is 3.35. The Morgan fingerprint density at radius 3 is 2.67 bits per heavy atom. The molecule has 1 rings (SSSR count). The van der Waals surface area contributed by atoms with Gasteiger partial charge in [0.25, 0.3) is 0 Å². The summed E-state index contributed by atoms with van der Waals surface area (Å²) in [5.41, 5.74) is 0. The van der Waals surface area contributed by atoms with Crippen LogP contribution in [0, 0.1) is 0 Å². The molecule has 2 atom stereocenters. The molecule has 0 aromatic carbocycles. The fraction of sp³-hybridized carbons (Fsp3) is 1.00. The minimum atomic E-state index is -3.79. The van der Waals surface area contributed by atoms with E-state index in [-0.39, 0.29) is 13.0 Å². The lowest BCUT2D eigenvalue weighted by molar-refractivity contribution is 0.0885. The molecule has 0 bridgehead atoms. The molecule has 5 nitrogen and oxygen atoms in total. The van der Waals surface area contributed by atoms with E-state index in [1.165, 1.54) is 0 Å². The highest BCUT2D eigenvalue weighted by Gasteiger charge is 2.36. The second-order valence-electron chi connectivity index (χ2n) is 2.88. The Hall–Kier alpha value is 0.650. The molecule has 0 amide bonds. The van der Waals surface area contributed by atoms with Gasteiger partial charge in [0, 0.05) is 36.7 Å². The Morgan fingerprint density at radius 2 is 2.20 bits per heavy atom. The Bertz CT molecular complexity index is 349. The number of aliphatic hydroxyl groups is 1. The zero-order valence-electron chi connectivity index (χ0n) is 11.8. The van der Waals surface area contributed by atoms with Crippen LogP contribution in [0.3, 0.4) is 0 Å². The van der Waals surface area contributed by atoms with Gasteiger partial charge in [-0.3, -0.25) is 4.57 Å². The standard InChI is InChI=1S/C7H15Cl2N2O3P/c8-2-4-11(5-3-9)15(13)10-7(12)1-6-14-15/h7,12H,1-6H2,(H,10,13)/t7-,15+/m0/s1/i2D2,3D2. The Balaban J connectivity index is 2.91. The van der Waals surface area contributed by atoms with Crippen LogP contribution in [0.2, 0.25) is 0 Å². The van der Waals surface area contributed by atoms with E-state index in [9.17, 15) is 9.67 Å². The molecule has 15 heavy (non-hydrogen) atoms. The van der Waals surface area contributed by atoms with Crippen LogP contribution in [0.1, 0.15) is 11.9 Å². The quantitative estimate of drug-likeness (QED) is 0.585. The zero-order valence-corrected chi connectivity index (χ0v) is 10.2. The molecule has 0 aliphatic carbocycles. The number of halogens is 2. The van der Waals surface area contributed by atoms with Crippen LogP contribution in [-0.2, 0) is 9.09 Å². The van der Waals surface area contributed by atoms with Gasteiger partial charge >= 0.3 is 7.67 Å². The minimum absolute atomic E-state index is 0.00147. The van der Waals surface area contributed by atoms with Crippen LogP contribution in [0.25, 0.3) is 0 Å². The molecule has 90 valence electrons. The number of aliphatic hydroxyl groups excluding tert-OH is 1. The van der Waals surface area contributed by atoms with Crippen molar-refractivity contribution in [3.63, 3.8) is 0 Å². The predicted octanol–water partition coefficient (Wildman–Crippen LogP) is 1.20. The molecular formula is C7H15Cl2N2O3P. The maximum atomic E-state index is 12.5. The van der Waals surface area contributed by atoms with Gasteiger partial charge in [-0.1, -0.05) is 0 Å². The van der Waals surface area contributed by atoms with E-state index in [4.69, 9.17) is 33.2 Å². The predicted molar refractivity (Wildman–Crippen MR) is 60.3 cm³/mol. The van der Waals surface area contributed by atoms with E-state index in [2.05, 4.69) is 5.09 Å². The first-order chi connectivity index (χ1) is 8.41. The van der Waals surface area contributed by atoms with Gasteiger partial charge in [0.05, 0.1) is 6.61 Å². The smallest absolute Gasteiger partial charge is 0.345 e. The van der Waals surface area contributed by atoms with Crippen LogP contribution in [0.15, 0.2) is 0 Å². The van der Waals surface area contributed by atoms with Gasteiger partial charge < -0.3 is 9.63 Å². The van der Waals surface area contributed by atoms with Crippen LogP contribution >= 0.6 is 30.9 Å². The highest BCUT2D eigenvalue weighted by molar-refractivity contribution is 7.54. The summed E-state index contributed by atoms with van der Waals surface area (Å²) in [7, 11) is -3.79. The van der Waals surface area contributed by atoms with Gasteiger partial charge in [-0.05, 0) is 0 Å². The van der Waals surface area contributed by atoms with Crippen LogP contribution in [0.4, 0.5) is 0 Å². The van der Waals surface area contributed by atoms with Gasteiger partial charge in [-0.2, -0.15) is 0 Å². The fourth-order valence-electron chi connectivity index (χ4n) is 1.12. The van der Waals surface area contributed by atoms with E-state index in [0.29, 0.717) is 0 Å². The lowest BCUT2D eigenvalue weighted by atomic mass is 10.4. The molecule has 1 saturated heterocycles. The van der Waals surface area contributed by atoms with E-state index in [1.807, 2.05) is 0 Å². The molecule has 0 spiro atoms. The normalized spacial score (nSPS) is 38.0. The second-order valence-corrected chi connectivity index (χ2v) is 5.53. The SMILES string of the molecule is [2H]C([2H])(Cl)CN(CC([2H])([2H])Cl)[P@@]1(=O)N[C@@H](O)CCO1. The molecule has 1 aliphatic rings. The first-order valence-corrected chi connectivity index (χ1v) is 6.58. The van der Waals surface area contributed by atoms with Crippen molar-refractivity contribution in [1.29, 1.82) is 0 Å². The summed E-state index contributed by atoms with van der Waals surface area (Å²) in [4.78, 5) is 0. The van der Waals surface area contributed by atoms with Crippen molar-refractivity contribution in [1.82, 2.24) is 9.76 Å². The number of nitrogens with zero attached hydrogens (tertiary/aromatic N) is 1. The summed E-state index contributed by atoms with van der Waals surface area (Å²) in [6.45, 7) is -1.14. The van der Waals surface area contributed by atoms with E-state index in [0.717, 1.165) is 4.67 Å². The lowest BCUT2D eigenvalue weighted by Crippen LogP contribution is -2.41. The number of nitrogens with one attached hydrogen (secondary N) is 1. The third-order valence-corrected chi connectivity index (χ3v) is 4.25. The Labute approximate surface area is 105 Å². The maximum Gasteiger partial charge on any atom is 0.345 e. The van der Waals surface area contributed by atoms with Crippen LogP contribution in [0.5, 0.6) is 0 Å². The van der Waals surface area contributed by atoms with Gasteiger partial charge in [0.15, 0.2) is 0 Å². The third kappa shape index (κ3) is 3.86. The van der Waals surface area contributed by atoms with Gasteiger partial charge in [0.2, 0.25) is 0 Å². The third-order valence-electron chi connectivity index (χ3n) is 1.83. The van der Waals surface area contributed by atoms with Crippen molar-refractivity contribution in [2.75, 3.05) is 31.4 Å². The summed E-state index contributed by atoms with van der Waals surface area (Å²) >= 11 is 10.9. The van der Waals surface area contributed by atoms with Crippen molar-refractivity contribution in [3.8, 4) is 0 Å². The largest absolute Gasteiger partial charge is 0.378 e. The van der Waals surface area contributed by atoms with Gasteiger partial charge in [-0.25, -0.2) is 9.76 Å². The number of rotatable bonds is 5. The highest BCUT2D eigenvalue weighted by Crippen LogP contribution is 2.49. The lowest BCUT2D eigenvalue weighted by Gasteiger charge is -2.35. The molecule has 0 saturated carbocycles. The van der Waals surface area contributed by atoms with Crippen LogP contribution < -0.4 is 5.09 Å². The summed E-state index contributed by atoms with van der Waals surface area (Å²) in [6.07, 6.45) is -0.858. The number of alkyl halides is 2. The van der Waals surface area contributed by atoms with Crippen molar-refractivity contribution in [3.05, 3.63) is 0 Å². The summed E-state index contributed by atoms with van der Waals surface area (Å²) < 4.78 is 47.5. The molecule has 1 fully saturated rings. The summed E-state index contributed by atoms with van der Waals surface area (Å²) in [5.74, 6) is -4.49. The molecule has 0 aromatic heterocycles. The molecule has 2 N–H and O–H groups in total. The second kappa shape index (κ2) is 6.40. The topological polar surface area (TPSA) is 61.8 Å². The molecule has 0 unspecified atom stereocenters. The monoisotopic (exact) mass is 280 g/mol. The Morgan fingerprint density at radius 1 is 1.60 bits per heavy atom. The van der Waals surface area contributed by atoms with Crippen molar-refractivity contribution in [2.45, 2.75) is 12.6 Å². The van der Waals surface area contributed by atoms with E-state index in [1.54, 1.807) is 0 Å². The van der Waals surface area contributed by atoms with Crippen LogP contribution in [-0.4, -0.2) is 47.4 Å². The first-order valence-electron chi connectivity index (χ1n) is 6.25. The Kier molecular flexibility index (Phi) is 3.71. The molecule has 1 heterocycles. The molecule has 1 aliphatic heterocycles. The molecule has 0 radical (unpaired) electrons. The first kappa shape index (κ1) is 8.70. The summed E-state index contributed by atoms with van der Waals surface area (Å²) in [6, 6.07) is 0. The van der Waals surface area contributed by atoms with Gasteiger partial charge in [-0.15, -0.1) is 23.2 Å². The van der Waals surface area contributed by atoms with E-state index < -0.39 is 38.7 Å². The number of hydrogen-bond acceptors (Lipinski definition) is 3. The number of hydrogen-bond donors (Lipinski definition) is 2. The minimum Gasteiger partial charge on any atom is -0.378 e. The van der Waals surface area contributed by atoms with Crippen molar-refractivity contribution < 1.29 is 19.7 Å². The average molecular weight is 281 g/mol. The zero-order chi connectivity index (χ0) is 14.9. The van der Waals surface area contributed by atoms with E-state index >= 15 is 0 Å². The molecule has 8 heteroatoms. The van der Waals surface area contributed by atoms with Gasteiger partial charge in [0.1, 0.15) is 6.23 Å². The molecular weight excluding hydrogens is 262 g/mol. The van der Waals surface area contributed by atoms with Crippen molar-refractivity contribution in [2.24, 2.45) is 0 Å². The molecule has 0 aromatic rings. The maximum absolute atomic E-state index is 12.5. The average Bonchev–Trinajstić information content (AvgIpc) is 2.11. The highest BCUT2D eigenvalue weighted by atomic mass is 35.5. The summed E-state index contributed by atoms with van der Waals surface area (Å²) in [5, 5.41) is 11.7.